The van der Waals surface area contributed by atoms with Gasteiger partial charge in [0.25, 0.3) is 0 Å². The lowest BCUT2D eigenvalue weighted by Gasteiger charge is -2.33. The fourth-order valence-electron chi connectivity index (χ4n) is 2.10. The molecule has 110 valence electrons. The molecule has 0 spiro atoms. The van der Waals surface area contributed by atoms with Gasteiger partial charge in [-0.25, -0.2) is 12.8 Å². The van der Waals surface area contributed by atoms with Crippen molar-refractivity contribution in [3.8, 4) is 0 Å². The van der Waals surface area contributed by atoms with E-state index in [2.05, 4.69) is 0 Å². The molecule has 1 aliphatic rings. The molecule has 1 unspecified atom stereocenters. The maximum Gasteiger partial charge on any atom is 0.305 e. The number of aliphatic carboxylic acids is 1. The van der Waals surface area contributed by atoms with Gasteiger partial charge in [0.1, 0.15) is 10.7 Å². The van der Waals surface area contributed by atoms with Gasteiger partial charge in [0.15, 0.2) is 0 Å². The van der Waals surface area contributed by atoms with Gasteiger partial charge in [-0.05, 0) is 12.1 Å². The van der Waals surface area contributed by atoms with E-state index in [9.17, 15) is 17.6 Å². The number of nitrogens with zero attached hydrogens (tertiary/aromatic N) is 1. The van der Waals surface area contributed by atoms with E-state index in [1.165, 1.54) is 12.1 Å². The van der Waals surface area contributed by atoms with Gasteiger partial charge in [0.05, 0.1) is 25.7 Å². The molecule has 0 amide bonds. The van der Waals surface area contributed by atoms with Crippen molar-refractivity contribution in [3.05, 3.63) is 30.1 Å². The summed E-state index contributed by atoms with van der Waals surface area (Å²) in [5, 5.41) is 8.82. The van der Waals surface area contributed by atoms with Crippen molar-refractivity contribution in [3.63, 3.8) is 0 Å². The van der Waals surface area contributed by atoms with E-state index >= 15 is 0 Å². The zero-order valence-electron chi connectivity index (χ0n) is 10.5. The standard InChI is InChI=1S/C12H14FNO5S/c13-10-3-1-2-4-11(10)20(17,18)14-5-6-19-8-9(14)7-12(15)16/h1-4,9H,5-8H2,(H,15,16). The molecular weight excluding hydrogens is 289 g/mol. The summed E-state index contributed by atoms with van der Waals surface area (Å²) in [7, 11) is -4.07. The molecule has 0 radical (unpaired) electrons. The third-order valence-electron chi connectivity index (χ3n) is 3.01. The molecule has 8 heteroatoms. The van der Waals surface area contributed by atoms with Crippen molar-refractivity contribution in [2.24, 2.45) is 0 Å². The molecule has 1 heterocycles. The molecule has 0 bridgehead atoms. The van der Waals surface area contributed by atoms with E-state index in [0.717, 1.165) is 16.4 Å². The maximum atomic E-state index is 13.7. The lowest BCUT2D eigenvalue weighted by molar-refractivity contribution is -0.139. The third kappa shape index (κ3) is 2.97. The van der Waals surface area contributed by atoms with Crippen LogP contribution in [0.25, 0.3) is 0 Å². The normalized spacial score (nSPS) is 20.8. The van der Waals surface area contributed by atoms with E-state index in [0.29, 0.717) is 0 Å². The minimum atomic E-state index is -4.07. The zero-order valence-corrected chi connectivity index (χ0v) is 11.3. The number of morpholine rings is 1. The summed E-state index contributed by atoms with van der Waals surface area (Å²) >= 11 is 0. The van der Waals surface area contributed by atoms with Gasteiger partial charge in [0.2, 0.25) is 10.0 Å². The predicted octanol–water partition coefficient (Wildman–Crippen LogP) is 0.690. The number of hydrogen-bond acceptors (Lipinski definition) is 4. The molecule has 1 aromatic carbocycles. The number of carboxylic acid groups (broad SMARTS) is 1. The molecule has 2 rings (SSSR count). The van der Waals surface area contributed by atoms with Crippen LogP contribution in [0, 0.1) is 5.82 Å². The molecule has 1 aliphatic heterocycles. The summed E-state index contributed by atoms with van der Waals surface area (Å²) in [6, 6.07) is 4.20. The summed E-state index contributed by atoms with van der Waals surface area (Å²) in [4.78, 5) is 10.3. The van der Waals surface area contributed by atoms with E-state index in [1.807, 2.05) is 0 Å². The van der Waals surface area contributed by atoms with Gasteiger partial charge in [-0.3, -0.25) is 4.79 Å². The summed E-state index contributed by atoms with van der Waals surface area (Å²) in [5.74, 6) is -1.98. The average molecular weight is 303 g/mol. The monoisotopic (exact) mass is 303 g/mol. The Morgan fingerprint density at radius 2 is 2.15 bits per heavy atom. The fraction of sp³-hybridized carbons (Fsp3) is 0.417. The molecule has 1 N–H and O–H groups in total. The van der Waals surface area contributed by atoms with Gasteiger partial charge in [-0.15, -0.1) is 0 Å². The highest BCUT2D eigenvalue weighted by Crippen LogP contribution is 2.24. The van der Waals surface area contributed by atoms with Crippen LogP contribution >= 0.6 is 0 Å². The minimum Gasteiger partial charge on any atom is -0.481 e. The summed E-state index contributed by atoms with van der Waals surface area (Å²) in [5.41, 5.74) is 0. The van der Waals surface area contributed by atoms with Crippen LogP contribution in [-0.2, 0) is 19.6 Å². The van der Waals surface area contributed by atoms with E-state index in [-0.39, 0.29) is 26.2 Å². The van der Waals surface area contributed by atoms with Crippen molar-refractivity contribution in [2.75, 3.05) is 19.8 Å². The first-order valence-electron chi connectivity index (χ1n) is 5.99. The average Bonchev–Trinajstić information content (AvgIpc) is 2.38. The van der Waals surface area contributed by atoms with E-state index in [4.69, 9.17) is 9.84 Å². The first kappa shape index (κ1) is 14.9. The number of sulfonamides is 1. The zero-order chi connectivity index (χ0) is 14.8. The number of benzene rings is 1. The SMILES string of the molecule is O=C(O)CC1COCCN1S(=O)(=O)c1ccccc1F. The van der Waals surface area contributed by atoms with Crippen LogP contribution < -0.4 is 0 Å². The Balaban J connectivity index is 2.36. The number of carboxylic acids is 1. The number of hydrogen-bond donors (Lipinski definition) is 1. The highest BCUT2D eigenvalue weighted by Gasteiger charge is 2.36. The minimum absolute atomic E-state index is 0.00855. The smallest absolute Gasteiger partial charge is 0.305 e. The molecule has 1 fully saturated rings. The van der Waals surface area contributed by atoms with E-state index in [1.54, 1.807) is 0 Å². The van der Waals surface area contributed by atoms with Crippen LogP contribution in [0.2, 0.25) is 0 Å². The molecule has 1 atom stereocenters. The van der Waals surface area contributed by atoms with Gasteiger partial charge in [-0.1, -0.05) is 12.1 Å². The summed E-state index contributed by atoms with van der Waals surface area (Å²) in [6.07, 6.45) is -0.381. The Kier molecular flexibility index (Phi) is 4.36. The van der Waals surface area contributed by atoms with Crippen LogP contribution in [0.15, 0.2) is 29.2 Å². The topological polar surface area (TPSA) is 83.9 Å². The molecule has 0 aromatic heterocycles. The number of rotatable bonds is 4. The Labute approximate surface area is 115 Å². The van der Waals surface area contributed by atoms with Crippen molar-refractivity contribution < 1.29 is 27.4 Å². The van der Waals surface area contributed by atoms with Crippen molar-refractivity contribution in [1.29, 1.82) is 0 Å². The highest BCUT2D eigenvalue weighted by molar-refractivity contribution is 7.89. The Morgan fingerprint density at radius 1 is 1.45 bits per heavy atom. The highest BCUT2D eigenvalue weighted by atomic mass is 32.2. The lowest BCUT2D eigenvalue weighted by atomic mass is 10.2. The molecule has 0 saturated carbocycles. The first-order chi connectivity index (χ1) is 9.43. The summed E-state index contributed by atoms with van der Waals surface area (Å²) in [6.45, 7) is 0.151. The van der Waals surface area contributed by atoms with Gasteiger partial charge in [-0.2, -0.15) is 4.31 Å². The second-order valence-electron chi connectivity index (χ2n) is 4.37. The van der Waals surface area contributed by atoms with E-state index < -0.39 is 32.7 Å². The first-order valence-corrected chi connectivity index (χ1v) is 7.43. The Bertz CT molecular complexity index is 604. The van der Waals surface area contributed by atoms with Crippen LogP contribution in [0.4, 0.5) is 4.39 Å². The maximum absolute atomic E-state index is 13.7. The Morgan fingerprint density at radius 3 is 2.80 bits per heavy atom. The second kappa shape index (κ2) is 5.86. The van der Waals surface area contributed by atoms with Crippen molar-refractivity contribution >= 4 is 16.0 Å². The van der Waals surface area contributed by atoms with Crippen LogP contribution in [-0.4, -0.2) is 49.6 Å². The summed E-state index contributed by atoms with van der Waals surface area (Å²) < 4.78 is 44.7. The number of carbonyl (C=O) groups is 1. The molecule has 1 saturated heterocycles. The van der Waals surface area contributed by atoms with Crippen molar-refractivity contribution in [1.82, 2.24) is 4.31 Å². The molecule has 20 heavy (non-hydrogen) atoms. The molecule has 0 aliphatic carbocycles. The quantitative estimate of drug-likeness (QED) is 0.884. The molecule has 6 nitrogen and oxygen atoms in total. The fourth-order valence-corrected chi connectivity index (χ4v) is 3.76. The second-order valence-corrected chi connectivity index (χ2v) is 6.23. The van der Waals surface area contributed by atoms with Gasteiger partial charge >= 0.3 is 5.97 Å². The third-order valence-corrected chi connectivity index (χ3v) is 4.99. The number of ether oxygens (including phenoxy) is 1. The van der Waals surface area contributed by atoms with Gasteiger partial charge in [0, 0.05) is 6.54 Å². The Hall–Kier alpha value is -1.51. The number of halogens is 1. The van der Waals surface area contributed by atoms with Crippen LogP contribution in [0.1, 0.15) is 6.42 Å². The molecular formula is C12H14FNO5S. The van der Waals surface area contributed by atoms with Crippen LogP contribution in [0.3, 0.4) is 0 Å². The largest absolute Gasteiger partial charge is 0.481 e. The molecule has 1 aromatic rings. The lowest BCUT2D eigenvalue weighted by Crippen LogP contribution is -2.49. The predicted molar refractivity (Wildman–Crippen MR) is 67.2 cm³/mol. The van der Waals surface area contributed by atoms with Gasteiger partial charge < -0.3 is 9.84 Å². The van der Waals surface area contributed by atoms with Crippen molar-refractivity contribution in [2.45, 2.75) is 17.4 Å². The van der Waals surface area contributed by atoms with Crippen LogP contribution in [0.5, 0.6) is 0 Å².